The van der Waals surface area contributed by atoms with Gasteiger partial charge in [0.15, 0.2) is 5.78 Å². The summed E-state index contributed by atoms with van der Waals surface area (Å²) in [6.07, 6.45) is 3.60. The lowest BCUT2D eigenvalue weighted by atomic mass is 10.0. The second kappa shape index (κ2) is 8.11. The van der Waals surface area contributed by atoms with Crippen molar-refractivity contribution in [2.75, 3.05) is 19.7 Å². The molecule has 1 aliphatic rings. The molecule has 3 nitrogen and oxygen atoms in total. The first-order chi connectivity index (χ1) is 11.7. The molecule has 0 amide bonds. The maximum Gasteiger partial charge on any atom is 0.163 e. The molecule has 1 heterocycles. The molecule has 1 aliphatic heterocycles. The molecule has 0 N–H and O–H groups in total. The number of para-hydroxylation sites is 1. The van der Waals surface area contributed by atoms with Gasteiger partial charge in [-0.2, -0.15) is 0 Å². The van der Waals surface area contributed by atoms with E-state index >= 15 is 0 Å². The number of likely N-dealkylation sites (tertiary alicyclic amines) is 1. The summed E-state index contributed by atoms with van der Waals surface area (Å²) in [5, 5.41) is 0. The van der Waals surface area contributed by atoms with Crippen LogP contribution in [0.2, 0.25) is 0 Å². The number of hydrogen-bond acceptors (Lipinski definition) is 3. The average molecular weight is 323 g/mol. The molecule has 1 fully saturated rings. The van der Waals surface area contributed by atoms with E-state index in [0.717, 1.165) is 19.5 Å². The van der Waals surface area contributed by atoms with E-state index in [1.165, 1.54) is 18.4 Å². The number of rotatable bonds is 7. The summed E-state index contributed by atoms with van der Waals surface area (Å²) in [5.41, 5.74) is 2.07. The van der Waals surface area contributed by atoms with Gasteiger partial charge in [-0.1, -0.05) is 42.5 Å². The van der Waals surface area contributed by atoms with Crippen LogP contribution in [-0.4, -0.2) is 36.4 Å². The molecule has 2 aromatic carbocycles. The molecule has 0 saturated carbocycles. The van der Waals surface area contributed by atoms with Gasteiger partial charge in [-0.25, -0.2) is 0 Å². The Labute approximate surface area is 144 Å². The summed E-state index contributed by atoms with van der Waals surface area (Å²) in [7, 11) is 0. The van der Waals surface area contributed by atoms with Crippen LogP contribution in [0.25, 0.3) is 0 Å². The quantitative estimate of drug-likeness (QED) is 0.722. The third-order valence-corrected chi connectivity index (χ3v) is 4.72. The maximum absolute atomic E-state index is 11.7. The van der Waals surface area contributed by atoms with Crippen molar-refractivity contribution in [1.82, 2.24) is 4.90 Å². The fourth-order valence-corrected chi connectivity index (χ4v) is 3.46. The topological polar surface area (TPSA) is 29.5 Å². The normalized spacial score (nSPS) is 17.8. The molecule has 1 saturated heterocycles. The number of benzene rings is 2. The number of nitrogens with zero attached hydrogens (tertiary/aromatic N) is 1. The third-order valence-electron chi connectivity index (χ3n) is 4.72. The van der Waals surface area contributed by atoms with Crippen LogP contribution >= 0.6 is 0 Å². The van der Waals surface area contributed by atoms with Gasteiger partial charge in [-0.3, -0.25) is 9.69 Å². The Kier molecular flexibility index (Phi) is 5.65. The van der Waals surface area contributed by atoms with E-state index in [2.05, 4.69) is 35.2 Å². The highest BCUT2D eigenvalue weighted by Gasteiger charge is 2.24. The smallest absolute Gasteiger partial charge is 0.163 e. The molecule has 0 radical (unpaired) electrons. The van der Waals surface area contributed by atoms with E-state index in [0.29, 0.717) is 24.0 Å². The minimum Gasteiger partial charge on any atom is -0.491 e. The maximum atomic E-state index is 11.7. The Bertz CT molecular complexity index is 669. The van der Waals surface area contributed by atoms with Gasteiger partial charge in [0.2, 0.25) is 0 Å². The molecule has 3 heteroatoms. The van der Waals surface area contributed by atoms with E-state index in [9.17, 15) is 4.79 Å². The minimum absolute atomic E-state index is 0.0497. The summed E-state index contributed by atoms with van der Waals surface area (Å²) < 4.78 is 5.90. The number of ketones is 1. The first-order valence-corrected chi connectivity index (χ1v) is 8.75. The van der Waals surface area contributed by atoms with E-state index in [1.807, 2.05) is 24.3 Å². The number of Topliss-reactive ketones (excluding diaryl/α,β-unsaturated/α-hetero) is 1. The van der Waals surface area contributed by atoms with Gasteiger partial charge in [-0.15, -0.1) is 0 Å². The molecular formula is C21H25NO2. The molecule has 0 aromatic heterocycles. The zero-order chi connectivity index (χ0) is 16.8. The first-order valence-electron chi connectivity index (χ1n) is 8.75. The van der Waals surface area contributed by atoms with Crippen LogP contribution in [0.5, 0.6) is 5.75 Å². The van der Waals surface area contributed by atoms with E-state index in [-0.39, 0.29) is 5.78 Å². The largest absolute Gasteiger partial charge is 0.491 e. The Hall–Kier alpha value is -2.13. The number of ether oxygens (including phenoxy) is 1. The van der Waals surface area contributed by atoms with Crippen molar-refractivity contribution in [1.29, 1.82) is 0 Å². The van der Waals surface area contributed by atoms with Gasteiger partial charge >= 0.3 is 0 Å². The van der Waals surface area contributed by atoms with Crippen molar-refractivity contribution < 1.29 is 9.53 Å². The Morgan fingerprint density at radius 1 is 1.12 bits per heavy atom. The summed E-state index contributed by atoms with van der Waals surface area (Å²) >= 11 is 0. The molecule has 24 heavy (non-hydrogen) atoms. The van der Waals surface area contributed by atoms with Crippen molar-refractivity contribution in [3.05, 3.63) is 65.7 Å². The highest BCUT2D eigenvalue weighted by Crippen LogP contribution is 2.22. The molecule has 126 valence electrons. The Balaban J connectivity index is 1.53. The number of hydrogen-bond donors (Lipinski definition) is 0. The average Bonchev–Trinajstić information content (AvgIpc) is 3.03. The zero-order valence-corrected chi connectivity index (χ0v) is 14.3. The molecular weight excluding hydrogens is 298 g/mol. The van der Waals surface area contributed by atoms with Gasteiger partial charge in [-0.05, 0) is 50.4 Å². The molecule has 2 aromatic rings. The predicted molar refractivity (Wildman–Crippen MR) is 96.7 cm³/mol. The Morgan fingerprint density at radius 3 is 2.67 bits per heavy atom. The fraction of sp³-hybridized carbons (Fsp3) is 0.381. The number of carbonyl (C=O) groups is 1. The van der Waals surface area contributed by atoms with E-state index in [4.69, 9.17) is 4.74 Å². The number of carbonyl (C=O) groups excluding carboxylic acids is 1. The second-order valence-electron chi connectivity index (χ2n) is 6.42. The van der Waals surface area contributed by atoms with Gasteiger partial charge in [0, 0.05) is 12.6 Å². The molecule has 0 spiro atoms. The molecule has 3 rings (SSSR count). The lowest BCUT2D eigenvalue weighted by Crippen LogP contribution is -2.34. The van der Waals surface area contributed by atoms with Crippen molar-refractivity contribution >= 4 is 5.78 Å². The van der Waals surface area contributed by atoms with Crippen molar-refractivity contribution in [3.63, 3.8) is 0 Å². The predicted octanol–water partition coefficient (Wildman–Crippen LogP) is 3.98. The van der Waals surface area contributed by atoms with Crippen LogP contribution in [0.4, 0.5) is 0 Å². The molecule has 0 aliphatic carbocycles. The SMILES string of the molecule is CC(=O)c1ccccc1OCCN1CCCC1Cc1ccccc1. The summed E-state index contributed by atoms with van der Waals surface area (Å²) in [4.78, 5) is 14.2. The van der Waals surface area contributed by atoms with Crippen LogP contribution in [0.1, 0.15) is 35.7 Å². The molecule has 1 atom stereocenters. The lowest BCUT2D eigenvalue weighted by Gasteiger charge is -2.24. The van der Waals surface area contributed by atoms with Gasteiger partial charge in [0.1, 0.15) is 12.4 Å². The lowest BCUT2D eigenvalue weighted by molar-refractivity contribution is 0.101. The highest BCUT2D eigenvalue weighted by molar-refractivity contribution is 5.96. The van der Waals surface area contributed by atoms with Crippen LogP contribution in [0.3, 0.4) is 0 Å². The summed E-state index contributed by atoms with van der Waals surface area (Å²) in [6, 6.07) is 18.8. The van der Waals surface area contributed by atoms with Gasteiger partial charge < -0.3 is 4.74 Å². The van der Waals surface area contributed by atoms with Gasteiger partial charge in [0.05, 0.1) is 5.56 Å². The zero-order valence-electron chi connectivity index (χ0n) is 14.3. The monoisotopic (exact) mass is 323 g/mol. The third kappa shape index (κ3) is 4.24. The summed E-state index contributed by atoms with van der Waals surface area (Å²) in [6.45, 7) is 4.24. The van der Waals surface area contributed by atoms with E-state index < -0.39 is 0 Å². The fourth-order valence-electron chi connectivity index (χ4n) is 3.46. The van der Waals surface area contributed by atoms with E-state index in [1.54, 1.807) is 6.92 Å². The standard InChI is InChI=1S/C21H25NO2/c1-17(23)20-11-5-6-12-21(20)24-15-14-22-13-7-10-19(22)16-18-8-3-2-4-9-18/h2-6,8-9,11-12,19H,7,10,13-16H2,1H3. The highest BCUT2D eigenvalue weighted by atomic mass is 16.5. The van der Waals surface area contributed by atoms with Crippen LogP contribution in [0, 0.1) is 0 Å². The van der Waals surface area contributed by atoms with Crippen molar-refractivity contribution in [2.24, 2.45) is 0 Å². The first kappa shape index (κ1) is 16.7. The molecule has 0 bridgehead atoms. The van der Waals surface area contributed by atoms with Crippen LogP contribution in [-0.2, 0) is 6.42 Å². The molecule has 1 unspecified atom stereocenters. The van der Waals surface area contributed by atoms with Gasteiger partial charge in [0.25, 0.3) is 0 Å². The van der Waals surface area contributed by atoms with Crippen LogP contribution in [0.15, 0.2) is 54.6 Å². The van der Waals surface area contributed by atoms with Crippen molar-refractivity contribution in [2.45, 2.75) is 32.2 Å². The summed E-state index contributed by atoms with van der Waals surface area (Å²) in [5.74, 6) is 0.748. The van der Waals surface area contributed by atoms with Crippen LogP contribution < -0.4 is 4.74 Å². The Morgan fingerprint density at radius 2 is 1.88 bits per heavy atom. The van der Waals surface area contributed by atoms with Crippen molar-refractivity contribution in [3.8, 4) is 5.75 Å². The minimum atomic E-state index is 0.0497. The second-order valence-corrected chi connectivity index (χ2v) is 6.42.